The molecule has 0 unspecified atom stereocenters. The van der Waals surface area contributed by atoms with Gasteiger partial charge in [-0.2, -0.15) is 7.05 Å². The van der Waals surface area contributed by atoms with Crippen LogP contribution in [0.2, 0.25) is 0 Å². The molecule has 1 rings (SSSR count). The Morgan fingerprint density at radius 1 is 1.22 bits per heavy atom. The molecule has 3 N–H and O–H groups in total. The van der Waals surface area contributed by atoms with Crippen LogP contribution in [-0.2, 0) is 0 Å². The van der Waals surface area contributed by atoms with E-state index in [1.807, 2.05) is 0 Å². The first-order chi connectivity index (χ1) is 8.44. The summed E-state index contributed by atoms with van der Waals surface area (Å²) in [5.41, 5.74) is 1.70. The van der Waals surface area contributed by atoms with Crippen molar-refractivity contribution in [3.8, 4) is 0 Å². The van der Waals surface area contributed by atoms with Gasteiger partial charge in [-0.15, -0.1) is 0 Å². The lowest BCUT2D eigenvalue weighted by Crippen LogP contribution is -2.80. The summed E-state index contributed by atoms with van der Waals surface area (Å²) in [7, 11) is 3.99. The Hall–Kier alpha value is -0.860. The van der Waals surface area contributed by atoms with E-state index in [0.29, 0.717) is 17.4 Å². The van der Waals surface area contributed by atoms with Crippen molar-refractivity contribution in [2.24, 2.45) is 11.3 Å². The fourth-order valence-corrected chi connectivity index (χ4v) is 2.17. The first-order valence-electron chi connectivity index (χ1n) is 6.82. The highest BCUT2D eigenvalue weighted by atomic mass is 14.9. The van der Waals surface area contributed by atoms with Crippen molar-refractivity contribution in [1.29, 1.82) is 0 Å². The van der Waals surface area contributed by atoms with Crippen LogP contribution < -0.4 is 10.6 Å². The first-order valence-corrected chi connectivity index (χ1v) is 6.82. The van der Waals surface area contributed by atoms with Crippen LogP contribution in [0, 0.1) is 18.4 Å². The Labute approximate surface area is 112 Å². The third-order valence-corrected chi connectivity index (χ3v) is 3.17. The maximum absolute atomic E-state index is 3.99. The number of hydrogen-bond acceptors (Lipinski definition) is 1. The van der Waals surface area contributed by atoms with Crippen LogP contribution in [0.3, 0.4) is 0 Å². The lowest BCUT2D eigenvalue weighted by molar-refractivity contribution is -0.648. The summed E-state index contributed by atoms with van der Waals surface area (Å²) < 4.78 is 0. The van der Waals surface area contributed by atoms with Gasteiger partial charge < -0.3 is 10.6 Å². The van der Waals surface area contributed by atoms with Crippen LogP contribution in [-0.4, -0.2) is 13.1 Å². The van der Waals surface area contributed by atoms with Crippen LogP contribution >= 0.6 is 0 Å². The van der Waals surface area contributed by atoms with Gasteiger partial charge in [0, 0.05) is 24.6 Å². The number of nitrogens with one attached hydrogen (secondary N) is 1. The van der Waals surface area contributed by atoms with E-state index < -0.39 is 0 Å². The average Bonchev–Trinajstić information content (AvgIpc) is 2.29. The SMILES string of the molecule is [CH2-][NH2+][C@@H](c1ccccc1)[C@@H](C)CNCC(C)(C)C. The lowest BCUT2D eigenvalue weighted by Gasteiger charge is -2.26. The minimum absolute atomic E-state index is 0.343. The molecule has 0 amide bonds. The quantitative estimate of drug-likeness (QED) is 0.743. The van der Waals surface area contributed by atoms with Gasteiger partial charge in [-0.3, -0.25) is 0 Å². The molecule has 0 saturated carbocycles. The van der Waals surface area contributed by atoms with Crippen molar-refractivity contribution in [3.63, 3.8) is 0 Å². The highest BCUT2D eigenvalue weighted by Gasteiger charge is 2.19. The summed E-state index contributed by atoms with van der Waals surface area (Å²) in [6, 6.07) is 11.1. The molecular weight excluding hydrogens is 220 g/mol. The van der Waals surface area contributed by atoms with Gasteiger partial charge in [-0.1, -0.05) is 58.0 Å². The number of quaternary nitrogens is 1. The summed E-state index contributed by atoms with van der Waals surface area (Å²) in [6.45, 7) is 11.1. The second-order valence-corrected chi connectivity index (χ2v) is 6.34. The second-order valence-electron chi connectivity index (χ2n) is 6.34. The molecule has 0 aliphatic carbocycles. The Bertz CT molecular complexity index is 327. The summed E-state index contributed by atoms with van der Waals surface area (Å²) in [5.74, 6) is 0.562. The van der Waals surface area contributed by atoms with Crippen LogP contribution in [0.4, 0.5) is 0 Å². The second kappa shape index (κ2) is 6.91. The van der Waals surface area contributed by atoms with E-state index in [0.717, 1.165) is 13.1 Å². The van der Waals surface area contributed by atoms with E-state index >= 15 is 0 Å². The van der Waals surface area contributed by atoms with Crippen LogP contribution in [0.15, 0.2) is 30.3 Å². The molecule has 1 aromatic carbocycles. The van der Waals surface area contributed by atoms with E-state index in [-0.39, 0.29) is 0 Å². The number of benzene rings is 1. The molecule has 2 nitrogen and oxygen atoms in total. The standard InChI is InChI=1S/C16H28N2/c1-13(11-18-12-16(2,3)4)15(17-5)14-9-7-6-8-10-14/h6-10,13,15,18H,5,11-12,17H2,1-4H3/t13-,15+/m0/s1. The normalized spacial score (nSPS) is 15.4. The van der Waals surface area contributed by atoms with E-state index in [9.17, 15) is 0 Å². The van der Waals surface area contributed by atoms with E-state index in [1.165, 1.54) is 5.56 Å². The molecule has 2 atom stereocenters. The minimum atomic E-state index is 0.343. The molecule has 18 heavy (non-hydrogen) atoms. The van der Waals surface area contributed by atoms with Gasteiger partial charge >= 0.3 is 0 Å². The summed E-state index contributed by atoms with van der Waals surface area (Å²) in [5, 5.41) is 5.63. The van der Waals surface area contributed by atoms with Crippen LogP contribution in [0.1, 0.15) is 39.3 Å². The van der Waals surface area contributed by atoms with Gasteiger partial charge in [0.15, 0.2) is 0 Å². The Kier molecular flexibility index (Phi) is 5.83. The molecule has 1 aromatic rings. The zero-order valence-electron chi connectivity index (χ0n) is 12.2. The van der Waals surface area contributed by atoms with Gasteiger partial charge in [0.05, 0.1) is 6.04 Å². The average molecular weight is 248 g/mol. The molecule has 102 valence electrons. The third-order valence-electron chi connectivity index (χ3n) is 3.17. The summed E-state index contributed by atoms with van der Waals surface area (Å²) >= 11 is 0. The van der Waals surface area contributed by atoms with E-state index in [4.69, 9.17) is 0 Å². The molecule has 0 fully saturated rings. The molecule has 0 saturated heterocycles. The van der Waals surface area contributed by atoms with E-state index in [1.54, 1.807) is 0 Å². The predicted molar refractivity (Wildman–Crippen MR) is 78.0 cm³/mol. The van der Waals surface area contributed by atoms with Gasteiger partial charge in [-0.25, -0.2) is 0 Å². The lowest BCUT2D eigenvalue weighted by atomic mass is 9.93. The van der Waals surface area contributed by atoms with E-state index in [2.05, 4.69) is 75.7 Å². The predicted octanol–water partition coefficient (Wildman–Crippen LogP) is 2.35. The van der Waals surface area contributed by atoms with Crippen LogP contribution in [0.25, 0.3) is 0 Å². The maximum Gasteiger partial charge on any atom is 0.0914 e. The van der Waals surface area contributed by atoms with Crippen molar-refractivity contribution in [3.05, 3.63) is 42.9 Å². The Morgan fingerprint density at radius 3 is 2.33 bits per heavy atom. The summed E-state index contributed by atoms with van der Waals surface area (Å²) in [6.07, 6.45) is 0. The van der Waals surface area contributed by atoms with Gasteiger partial charge in [0.2, 0.25) is 0 Å². The highest BCUT2D eigenvalue weighted by molar-refractivity contribution is 5.17. The molecule has 0 spiro atoms. The zero-order chi connectivity index (χ0) is 13.6. The number of rotatable bonds is 6. The van der Waals surface area contributed by atoms with Gasteiger partial charge in [0.1, 0.15) is 0 Å². The molecule has 0 heterocycles. The monoisotopic (exact) mass is 248 g/mol. The first kappa shape index (κ1) is 15.2. The van der Waals surface area contributed by atoms with Crippen molar-refractivity contribution >= 4 is 0 Å². The molecule has 0 radical (unpaired) electrons. The van der Waals surface area contributed by atoms with Gasteiger partial charge in [-0.05, 0) is 5.41 Å². The topological polar surface area (TPSA) is 28.6 Å². The number of nitrogens with two attached hydrogens (primary N) is 1. The van der Waals surface area contributed by atoms with Crippen molar-refractivity contribution < 1.29 is 5.32 Å². The molecular formula is C16H28N2. The fraction of sp³-hybridized carbons (Fsp3) is 0.562. The Balaban J connectivity index is 2.51. The molecule has 0 aliphatic heterocycles. The zero-order valence-corrected chi connectivity index (χ0v) is 12.2. The largest absolute Gasteiger partial charge is 0.472 e. The summed E-state index contributed by atoms with van der Waals surface area (Å²) in [4.78, 5) is 0. The Morgan fingerprint density at radius 2 is 1.83 bits per heavy atom. The highest BCUT2D eigenvalue weighted by Crippen LogP contribution is 2.18. The fourth-order valence-electron chi connectivity index (χ4n) is 2.17. The smallest absolute Gasteiger partial charge is 0.0914 e. The molecule has 0 bridgehead atoms. The molecule has 0 aliphatic rings. The van der Waals surface area contributed by atoms with Crippen LogP contribution in [0.5, 0.6) is 0 Å². The molecule has 2 heteroatoms. The minimum Gasteiger partial charge on any atom is -0.472 e. The molecule has 0 aromatic heterocycles. The van der Waals surface area contributed by atoms with Crippen molar-refractivity contribution in [1.82, 2.24) is 5.32 Å². The third kappa shape index (κ3) is 5.19. The number of hydrogen-bond donors (Lipinski definition) is 2. The van der Waals surface area contributed by atoms with Crippen molar-refractivity contribution in [2.45, 2.75) is 33.7 Å². The van der Waals surface area contributed by atoms with Gasteiger partial charge in [0.25, 0.3) is 0 Å². The maximum atomic E-state index is 3.99. The van der Waals surface area contributed by atoms with Crippen molar-refractivity contribution in [2.75, 3.05) is 13.1 Å².